The Morgan fingerprint density at radius 1 is 0.350 bits per heavy atom. The zero-order valence-corrected chi connectivity index (χ0v) is 32.8. The molecule has 0 aliphatic carbocycles. The van der Waals surface area contributed by atoms with E-state index in [4.69, 9.17) is 24.3 Å². The molecular formula is C52H31N7S. The van der Waals surface area contributed by atoms with Crippen molar-refractivity contribution in [1.29, 1.82) is 0 Å². The highest BCUT2D eigenvalue weighted by atomic mass is 32.1. The highest BCUT2D eigenvalue weighted by Crippen LogP contribution is 2.39. The smallest absolute Gasteiger partial charge is 0.164 e. The van der Waals surface area contributed by atoms with E-state index in [0.717, 1.165) is 88.5 Å². The first-order valence-electron chi connectivity index (χ1n) is 19.8. The zero-order valence-electron chi connectivity index (χ0n) is 31.9. The van der Waals surface area contributed by atoms with E-state index in [9.17, 15) is 0 Å². The molecule has 4 heterocycles. The molecule has 0 spiro atoms. The number of benzene rings is 8. The number of rotatable bonds is 6. The van der Waals surface area contributed by atoms with E-state index in [1.165, 1.54) is 22.5 Å². The van der Waals surface area contributed by atoms with Crippen LogP contribution in [0.25, 0.3) is 117 Å². The zero-order chi connectivity index (χ0) is 39.6. The maximum absolute atomic E-state index is 5.30. The van der Waals surface area contributed by atoms with Crippen molar-refractivity contribution in [3.05, 3.63) is 188 Å². The molecule has 60 heavy (non-hydrogen) atoms. The van der Waals surface area contributed by atoms with Gasteiger partial charge in [0.2, 0.25) is 0 Å². The highest BCUT2D eigenvalue weighted by molar-refractivity contribution is 7.00. The van der Waals surface area contributed by atoms with Crippen LogP contribution in [0, 0.1) is 0 Å². The Kier molecular flexibility index (Phi) is 7.89. The predicted octanol–water partition coefficient (Wildman–Crippen LogP) is 13.0. The first-order valence-corrected chi connectivity index (χ1v) is 20.5. The predicted molar refractivity (Wildman–Crippen MR) is 245 cm³/mol. The quantitative estimate of drug-likeness (QED) is 0.156. The summed E-state index contributed by atoms with van der Waals surface area (Å²) in [7, 11) is 0. The van der Waals surface area contributed by atoms with Gasteiger partial charge in [-0.25, -0.2) is 19.9 Å². The van der Waals surface area contributed by atoms with Crippen molar-refractivity contribution in [2.45, 2.75) is 0 Å². The first-order chi connectivity index (χ1) is 29.7. The van der Waals surface area contributed by atoms with Crippen molar-refractivity contribution in [2.75, 3.05) is 0 Å². The van der Waals surface area contributed by atoms with E-state index in [1.54, 1.807) is 0 Å². The Bertz CT molecular complexity index is 3560. The van der Waals surface area contributed by atoms with Gasteiger partial charge in [0.15, 0.2) is 17.5 Å². The Labute approximate surface area is 348 Å². The van der Waals surface area contributed by atoms with Crippen LogP contribution in [-0.4, -0.2) is 33.3 Å². The van der Waals surface area contributed by atoms with Crippen LogP contribution in [0.4, 0.5) is 0 Å². The summed E-state index contributed by atoms with van der Waals surface area (Å²) in [6, 6.07) is 65.1. The average Bonchev–Trinajstić information content (AvgIpc) is 3.95. The lowest BCUT2D eigenvalue weighted by atomic mass is 9.96. The fourth-order valence-corrected chi connectivity index (χ4v) is 9.05. The molecule has 0 amide bonds. The van der Waals surface area contributed by atoms with Crippen LogP contribution in [0.3, 0.4) is 0 Å². The fourth-order valence-electron chi connectivity index (χ4n) is 8.51. The van der Waals surface area contributed by atoms with Crippen LogP contribution in [0.5, 0.6) is 0 Å². The summed E-state index contributed by atoms with van der Waals surface area (Å²) in [5, 5.41) is 5.60. The van der Waals surface area contributed by atoms with E-state index in [2.05, 4.69) is 155 Å². The first kappa shape index (κ1) is 34.1. The summed E-state index contributed by atoms with van der Waals surface area (Å²) >= 11 is 1.24. The number of hydrogen-bond acceptors (Lipinski definition) is 7. The van der Waals surface area contributed by atoms with Gasteiger partial charge in [0, 0.05) is 54.9 Å². The van der Waals surface area contributed by atoms with E-state index >= 15 is 0 Å². The van der Waals surface area contributed by atoms with Crippen molar-refractivity contribution in [3.63, 3.8) is 0 Å². The molecule has 12 aromatic rings. The fraction of sp³-hybridized carbons (Fsp3) is 0. The van der Waals surface area contributed by atoms with Crippen LogP contribution in [0.2, 0.25) is 0 Å². The summed E-state index contributed by atoms with van der Waals surface area (Å²) in [4.78, 5) is 20.7. The average molecular weight is 786 g/mol. The molecule has 0 unspecified atom stereocenters. The van der Waals surface area contributed by atoms with Gasteiger partial charge in [-0.05, 0) is 59.7 Å². The number of fused-ring (bicyclic) bond motifs is 8. The lowest BCUT2D eigenvalue weighted by molar-refractivity contribution is 1.07. The molecule has 0 aliphatic heterocycles. The van der Waals surface area contributed by atoms with Crippen LogP contribution in [0.15, 0.2) is 188 Å². The molecule has 4 aromatic heterocycles. The highest BCUT2D eigenvalue weighted by Gasteiger charge is 2.18. The Morgan fingerprint density at radius 2 is 0.917 bits per heavy atom. The van der Waals surface area contributed by atoms with E-state index in [0.29, 0.717) is 17.5 Å². The second-order valence-electron chi connectivity index (χ2n) is 14.9. The summed E-state index contributed by atoms with van der Waals surface area (Å²) in [5.74, 6) is 1.81. The number of para-hydroxylation sites is 2. The lowest BCUT2D eigenvalue weighted by Gasteiger charge is -2.13. The summed E-state index contributed by atoms with van der Waals surface area (Å²) in [5.41, 5.74) is 12.8. The molecule has 8 aromatic carbocycles. The van der Waals surface area contributed by atoms with Crippen molar-refractivity contribution in [1.82, 2.24) is 33.3 Å². The standard InChI is InChI=1S/C52H31N7S/c1-3-13-32(14-4-1)48-42-27-28-43-49(58-60-57-43)47(42)41-26-25-35(31-44(41)53-48)34-17-11-18-36(29-34)51-54-50(33-15-5-2-6-16-33)55-52(56-51)37-19-12-20-38(30-37)59-45-23-9-7-21-39(45)40-22-8-10-24-46(40)59/h1-31H. The third-order valence-electron chi connectivity index (χ3n) is 11.3. The SMILES string of the molecule is c1ccc(-c2nc(-c3cccc(-c4ccc5c(c4)nc(-c4ccccc4)c4ccc6nsnc6c45)c3)nc(-c3cccc(-n4c5ccccc5c5ccccc54)c3)n2)cc1. The molecular weight excluding hydrogens is 755 g/mol. The Morgan fingerprint density at radius 3 is 1.65 bits per heavy atom. The summed E-state index contributed by atoms with van der Waals surface area (Å²) in [6.45, 7) is 0. The largest absolute Gasteiger partial charge is 0.309 e. The molecule has 0 aliphatic rings. The number of pyridine rings is 1. The van der Waals surface area contributed by atoms with Gasteiger partial charge in [-0.15, -0.1) is 0 Å². The van der Waals surface area contributed by atoms with Crippen LogP contribution in [-0.2, 0) is 0 Å². The molecule has 0 atom stereocenters. The van der Waals surface area contributed by atoms with Gasteiger partial charge in [-0.2, -0.15) is 8.75 Å². The topological polar surface area (TPSA) is 82.3 Å². The minimum atomic E-state index is 0.595. The third-order valence-corrected chi connectivity index (χ3v) is 11.8. The molecule has 0 fully saturated rings. The second-order valence-corrected chi connectivity index (χ2v) is 15.4. The van der Waals surface area contributed by atoms with Crippen LogP contribution < -0.4 is 0 Å². The van der Waals surface area contributed by atoms with Gasteiger partial charge < -0.3 is 4.57 Å². The molecule has 7 nitrogen and oxygen atoms in total. The molecule has 0 bridgehead atoms. The van der Waals surface area contributed by atoms with E-state index in [1.807, 2.05) is 42.5 Å². The van der Waals surface area contributed by atoms with Crippen molar-refractivity contribution < 1.29 is 0 Å². The van der Waals surface area contributed by atoms with Gasteiger partial charge in [-0.1, -0.05) is 140 Å². The van der Waals surface area contributed by atoms with Gasteiger partial charge in [-0.3, -0.25) is 0 Å². The number of nitrogens with zero attached hydrogens (tertiary/aromatic N) is 7. The van der Waals surface area contributed by atoms with Gasteiger partial charge in [0.1, 0.15) is 11.0 Å². The maximum atomic E-state index is 5.30. The Balaban J connectivity index is 0.998. The van der Waals surface area contributed by atoms with E-state index in [-0.39, 0.29) is 0 Å². The summed E-state index contributed by atoms with van der Waals surface area (Å²) < 4.78 is 11.6. The van der Waals surface area contributed by atoms with Crippen molar-refractivity contribution in [2.24, 2.45) is 0 Å². The van der Waals surface area contributed by atoms with Gasteiger partial charge in [0.05, 0.1) is 34.0 Å². The summed E-state index contributed by atoms with van der Waals surface area (Å²) in [6.07, 6.45) is 0. The minimum Gasteiger partial charge on any atom is -0.309 e. The van der Waals surface area contributed by atoms with Crippen LogP contribution >= 0.6 is 11.7 Å². The normalized spacial score (nSPS) is 11.7. The third kappa shape index (κ3) is 5.65. The molecule has 8 heteroatoms. The molecule has 12 rings (SSSR count). The van der Waals surface area contributed by atoms with Gasteiger partial charge in [0.25, 0.3) is 0 Å². The van der Waals surface area contributed by atoms with Crippen LogP contribution in [0.1, 0.15) is 0 Å². The lowest BCUT2D eigenvalue weighted by Crippen LogP contribution is -2.01. The van der Waals surface area contributed by atoms with Gasteiger partial charge >= 0.3 is 0 Å². The molecule has 0 saturated carbocycles. The van der Waals surface area contributed by atoms with Crippen molar-refractivity contribution >= 4 is 66.2 Å². The molecule has 280 valence electrons. The maximum Gasteiger partial charge on any atom is 0.164 e. The molecule has 0 N–H and O–H groups in total. The molecule has 0 radical (unpaired) electrons. The Hall–Kier alpha value is -7.94. The van der Waals surface area contributed by atoms with E-state index < -0.39 is 0 Å². The van der Waals surface area contributed by atoms with Crippen molar-refractivity contribution in [3.8, 4) is 62.2 Å². The molecule has 0 saturated heterocycles. The number of aromatic nitrogens is 7. The number of hydrogen-bond donors (Lipinski definition) is 0. The minimum absolute atomic E-state index is 0.595. The monoisotopic (exact) mass is 785 g/mol. The second kappa shape index (κ2) is 13.9.